The summed E-state index contributed by atoms with van der Waals surface area (Å²) in [6.45, 7) is 4.35. The third kappa shape index (κ3) is 3.38. The maximum absolute atomic E-state index is 12.5. The van der Waals surface area contributed by atoms with Crippen LogP contribution >= 0.6 is 0 Å². The summed E-state index contributed by atoms with van der Waals surface area (Å²) in [5, 5.41) is 4.40. The largest absolute Gasteiger partial charge is 0.457 e. The standard InChI is InChI=1S/C20H20N2O2/c1-15(2)19-18(13-21-22(19)17-11-7-4-8-12-17)20(23)24-14-16-9-5-3-6-10-16/h3-13,15H,14H2,1-2H3. The second-order valence-electron chi connectivity index (χ2n) is 5.91. The van der Waals surface area contributed by atoms with Crippen LogP contribution < -0.4 is 0 Å². The number of aromatic nitrogens is 2. The minimum Gasteiger partial charge on any atom is -0.457 e. The maximum atomic E-state index is 12.5. The minimum absolute atomic E-state index is 0.145. The van der Waals surface area contributed by atoms with Crippen LogP contribution in [0.15, 0.2) is 66.9 Å². The van der Waals surface area contributed by atoms with Crippen molar-refractivity contribution in [1.29, 1.82) is 0 Å². The predicted molar refractivity (Wildman–Crippen MR) is 93.2 cm³/mol. The van der Waals surface area contributed by atoms with E-state index in [0.717, 1.165) is 16.9 Å². The highest BCUT2D eigenvalue weighted by Crippen LogP contribution is 2.24. The number of hydrogen-bond donors (Lipinski definition) is 0. The highest BCUT2D eigenvalue weighted by Gasteiger charge is 2.21. The second kappa shape index (κ2) is 7.13. The molecule has 1 heterocycles. The number of carbonyl (C=O) groups excluding carboxylic acids is 1. The third-order valence-corrected chi connectivity index (χ3v) is 3.79. The lowest BCUT2D eigenvalue weighted by atomic mass is 10.1. The molecule has 0 aliphatic heterocycles. The molecule has 1 aromatic heterocycles. The zero-order valence-corrected chi connectivity index (χ0v) is 13.8. The van der Waals surface area contributed by atoms with Crippen molar-refractivity contribution < 1.29 is 9.53 Å². The van der Waals surface area contributed by atoms with Crippen molar-refractivity contribution in [3.05, 3.63) is 83.7 Å². The van der Waals surface area contributed by atoms with Crippen LogP contribution in [0, 0.1) is 0 Å². The molecule has 0 aliphatic rings. The Morgan fingerprint density at radius 1 is 1.04 bits per heavy atom. The van der Waals surface area contributed by atoms with Gasteiger partial charge in [0.2, 0.25) is 0 Å². The monoisotopic (exact) mass is 320 g/mol. The summed E-state index contributed by atoms with van der Waals surface area (Å²) in [5.74, 6) is -0.197. The van der Waals surface area contributed by atoms with Crippen LogP contribution in [-0.2, 0) is 11.3 Å². The van der Waals surface area contributed by atoms with Gasteiger partial charge in [-0.25, -0.2) is 9.48 Å². The number of hydrogen-bond acceptors (Lipinski definition) is 3. The summed E-state index contributed by atoms with van der Waals surface area (Å²) in [6.07, 6.45) is 1.59. The number of esters is 1. The van der Waals surface area contributed by atoms with Crippen LogP contribution in [0.4, 0.5) is 0 Å². The Hall–Kier alpha value is -2.88. The van der Waals surface area contributed by atoms with E-state index in [9.17, 15) is 4.79 Å². The average Bonchev–Trinajstić information content (AvgIpc) is 3.07. The number of rotatable bonds is 5. The molecule has 3 aromatic rings. The first-order valence-corrected chi connectivity index (χ1v) is 8.01. The number of ether oxygens (including phenoxy) is 1. The van der Waals surface area contributed by atoms with Crippen LogP contribution in [0.25, 0.3) is 5.69 Å². The van der Waals surface area contributed by atoms with E-state index in [4.69, 9.17) is 4.74 Å². The van der Waals surface area contributed by atoms with Crippen molar-refractivity contribution in [2.75, 3.05) is 0 Å². The molecule has 122 valence electrons. The van der Waals surface area contributed by atoms with Gasteiger partial charge in [-0.3, -0.25) is 0 Å². The van der Waals surface area contributed by atoms with Gasteiger partial charge in [0.05, 0.1) is 17.6 Å². The van der Waals surface area contributed by atoms with Gasteiger partial charge < -0.3 is 4.74 Å². The third-order valence-electron chi connectivity index (χ3n) is 3.79. The summed E-state index contributed by atoms with van der Waals surface area (Å²) in [4.78, 5) is 12.5. The molecule has 0 bridgehead atoms. The number of para-hydroxylation sites is 1. The van der Waals surface area contributed by atoms with Crippen molar-refractivity contribution in [2.24, 2.45) is 0 Å². The van der Waals surface area contributed by atoms with E-state index in [-0.39, 0.29) is 18.5 Å². The Kier molecular flexibility index (Phi) is 4.75. The van der Waals surface area contributed by atoms with Crippen LogP contribution in [-0.4, -0.2) is 15.7 Å². The highest BCUT2D eigenvalue weighted by molar-refractivity contribution is 5.90. The molecule has 0 amide bonds. The lowest BCUT2D eigenvalue weighted by Crippen LogP contribution is -2.11. The molecule has 0 radical (unpaired) electrons. The summed E-state index contributed by atoms with van der Waals surface area (Å²) in [6, 6.07) is 19.5. The lowest BCUT2D eigenvalue weighted by molar-refractivity contribution is 0.0471. The molecular formula is C20H20N2O2. The molecule has 3 rings (SSSR count). The molecule has 0 N–H and O–H groups in total. The first-order valence-electron chi connectivity index (χ1n) is 8.01. The molecule has 0 aliphatic carbocycles. The number of benzene rings is 2. The van der Waals surface area contributed by atoms with E-state index < -0.39 is 0 Å². The average molecular weight is 320 g/mol. The summed E-state index contributed by atoms with van der Waals surface area (Å²) in [7, 11) is 0. The van der Waals surface area contributed by atoms with E-state index >= 15 is 0 Å². The number of carbonyl (C=O) groups is 1. The van der Waals surface area contributed by atoms with E-state index in [1.165, 1.54) is 0 Å². The first-order chi connectivity index (χ1) is 11.7. The minimum atomic E-state index is -0.343. The van der Waals surface area contributed by atoms with Gasteiger partial charge in [0.15, 0.2) is 0 Å². The van der Waals surface area contributed by atoms with Gasteiger partial charge in [0.1, 0.15) is 12.2 Å². The highest BCUT2D eigenvalue weighted by atomic mass is 16.5. The van der Waals surface area contributed by atoms with E-state index in [1.54, 1.807) is 6.20 Å². The fourth-order valence-electron chi connectivity index (χ4n) is 2.65. The SMILES string of the molecule is CC(C)c1c(C(=O)OCc2ccccc2)cnn1-c1ccccc1. The molecule has 4 nitrogen and oxygen atoms in total. The molecule has 0 atom stereocenters. The van der Waals surface area contributed by atoms with Crippen LogP contribution in [0.2, 0.25) is 0 Å². The van der Waals surface area contributed by atoms with E-state index in [0.29, 0.717) is 5.56 Å². The predicted octanol–water partition coefficient (Wildman–Crippen LogP) is 4.35. The molecular weight excluding hydrogens is 300 g/mol. The molecule has 0 fully saturated rings. The Labute approximate surface area is 141 Å². The van der Waals surface area contributed by atoms with Crippen molar-refractivity contribution in [3.8, 4) is 5.69 Å². The second-order valence-corrected chi connectivity index (χ2v) is 5.91. The Morgan fingerprint density at radius 2 is 1.67 bits per heavy atom. The molecule has 0 spiro atoms. The van der Waals surface area contributed by atoms with Crippen molar-refractivity contribution in [3.63, 3.8) is 0 Å². The molecule has 0 saturated heterocycles. The van der Waals surface area contributed by atoms with Crippen molar-refractivity contribution in [2.45, 2.75) is 26.4 Å². The Bertz CT molecular complexity index is 808. The first kappa shape index (κ1) is 16.0. The van der Waals surface area contributed by atoms with E-state index in [1.807, 2.05) is 79.2 Å². The molecule has 0 unspecified atom stereocenters. The Balaban J connectivity index is 1.85. The lowest BCUT2D eigenvalue weighted by Gasteiger charge is -2.12. The van der Waals surface area contributed by atoms with Gasteiger partial charge in [-0.1, -0.05) is 62.4 Å². The van der Waals surface area contributed by atoms with E-state index in [2.05, 4.69) is 5.10 Å². The fraction of sp³-hybridized carbons (Fsp3) is 0.200. The normalized spacial score (nSPS) is 10.8. The molecule has 2 aromatic carbocycles. The van der Waals surface area contributed by atoms with Crippen molar-refractivity contribution in [1.82, 2.24) is 9.78 Å². The van der Waals surface area contributed by atoms with Gasteiger partial charge in [-0.15, -0.1) is 0 Å². The van der Waals surface area contributed by atoms with Crippen LogP contribution in [0.1, 0.15) is 41.4 Å². The smallest absolute Gasteiger partial charge is 0.341 e. The topological polar surface area (TPSA) is 44.1 Å². The van der Waals surface area contributed by atoms with Gasteiger partial charge >= 0.3 is 5.97 Å². The quantitative estimate of drug-likeness (QED) is 0.656. The summed E-state index contributed by atoms with van der Waals surface area (Å²) < 4.78 is 7.27. The summed E-state index contributed by atoms with van der Waals surface area (Å²) >= 11 is 0. The zero-order valence-electron chi connectivity index (χ0n) is 13.8. The molecule has 24 heavy (non-hydrogen) atoms. The maximum Gasteiger partial charge on any atom is 0.341 e. The van der Waals surface area contributed by atoms with Crippen molar-refractivity contribution >= 4 is 5.97 Å². The number of nitrogens with zero attached hydrogens (tertiary/aromatic N) is 2. The summed E-state index contributed by atoms with van der Waals surface area (Å²) in [5.41, 5.74) is 3.28. The Morgan fingerprint density at radius 3 is 2.29 bits per heavy atom. The van der Waals surface area contributed by atoms with Gasteiger partial charge in [-0.05, 0) is 23.6 Å². The van der Waals surface area contributed by atoms with Crippen LogP contribution in [0.5, 0.6) is 0 Å². The molecule has 4 heteroatoms. The zero-order chi connectivity index (χ0) is 16.9. The van der Waals surface area contributed by atoms with Gasteiger partial charge in [0, 0.05) is 0 Å². The fourth-order valence-corrected chi connectivity index (χ4v) is 2.65. The molecule has 0 saturated carbocycles. The van der Waals surface area contributed by atoms with Crippen LogP contribution in [0.3, 0.4) is 0 Å². The van der Waals surface area contributed by atoms with Gasteiger partial charge in [-0.2, -0.15) is 5.10 Å². The van der Waals surface area contributed by atoms with Gasteiger partial charge in [0.25, 0.3) is 0 Å².